The second kappa shape index (κ2) is 6.76. The van der Waals surface area contributed by atoms with E-state index in [1.807, 2.05) is 4.90 Å². The first kappa shape index (κ1) is 18.2. The van der Waals surface area contributed by atoms with Crippen LogP contribution in [-0.4, -0.2) is 54.8 Å². The zero-order valence-corrected chi connectivity index (χ0v) is 14.8. The monoisotopic (exact) mass is 354 g/mol. The molecule has 1 aliphatic rings. The summed E-state index contributed by atoms with van der Waals surface area (Å²) in [5, 5.41) is 14.0. The van der Waals surface area contributed by atoms with Crippen molar-refractivity contribution in [3.8, 4) is 0 Å². The second-order valence-electron chi connectivity index (χ2n) is 6.33. The Kier molecular flexibility index (Phi) is 5.12. The van der Waals surface area contributed by atoms with E-state index in [0.717, 1.165) is 5.56 Å². The maximum atomic E-state index is 12.1. The van der Waals surface area contributed by atoms with E-state index in [1.54, 1.807) is 33.0 Å². The molecule has 1 N–H and O–H groups in total. The molecule has 0 aliphatic carbocycles. The first-order valence-corrected chi connectivity index (χ1v) is 9.23. The minimum atomic E-state index is -3.12. The predicted molar refractivity (Wildman–Crippen MR) is 92.7 cm³/mol. The number of benzene rings is 1. The van der Waals surface area contributed by atoms with Gasteiger partial charge in [0.1, 0.15) is 0 Å². The van der Waals surface area contributed by atoms with Crippen LogP contribution < -0.4 is 5.32 Å². The third-order valence-electron chi connectivity index (χ3n) is 4.13. The molecule has 1 aromatic rings. The highest BCUT2D eigenvalue weighted by atomic mass is 32.2. The lowest BCUT2D eigenvalue weighted by atomic mass is 10.2. The molecule has 1 aromatic carbocycles. The van der Waals surface area contributed by atoms with Gasteiger partial charge in [0.15, 0.2) is 15.8 Å². The Balaban J connectivity index is 2.06. The number of non-ortho nitro benzene ring substituents is 1. The van der Waals surface area contributed by atoms with Crippen molar-refractivity contribution in [3.05, 3.63) is 39.9 Å². The summed E-state index contributed by atoms with van der Waals surface area (Å²) in [7, 11) is -1.49. The number of nitro groups is 1. The number of sulfone groups is 1. The SMILES string of the molecule is CN=C(NCc1cccc([N+](=O)[O-])c1)N1CCS(=O)(=O)C(C)(C)C1. The predicted octanol–water partition coefficient (Wildman–Crippen LogP) is 1.18. The largest absolute Gasteiger partial charge is 0.352 e. The molecule has 9 heteroatoms. The fourth-order valence-electron chi connectivity index (χ4n) is 2.62. The molecule has 0 bridgehead atoms. The van der Waals surface area contributed by atoms with Crippen LogP contribution in [0.2, 0.25) is 0 Å². The van der Waals surface area contributed by atoms with E-state index in [1.165, 1.54) is 12.1 Å². The van der Waals surface area contributed by atoms with Crippen LogP contribution in [0.15, 0.2) is 29.3 Å². The lowest BCUT2D eigenvalue weighted by Crippen LogP contribution is -2.57. The smallest absolute Gasteiger partial charge is 0.269 e. The minimum absolute atomic E-state index is 0.0366. The van der Waals surface area contributed by atoms with Gasteiger partial charge in [0, 0.05) is 38.8 Å². The number of rotatable bonds is 3. The van der Waals surface area contributed by atoms with E-state index >= 15 is 0 Å². The zero-order valence-electron chi connectivity index (χ0n) is 14.0. The molecule has 2 rings (SSSR count). The summed E-state index contributed by atoms with van der Waals surface area (Å²) >= 11 is 0. The number of nitrogens with one attached hydrogen (secondary N) is 1. The highest BCUT2D eigenvalue weighted by Gasteiger charge is 2.40. The van der Waals surface area contributed by atoms with Crippen LogP contribution in [-0.2, 0) is 16.4 Å². The Bertz CT molecular complexity index is 758. The highest BCUT2D eigenvalue weighted by Crippen LogP contribution is 2.23. The molecule has 0 saturated carbocycles. The van der Waals surface area contributed by atoms with Crippen LogP contribution in [0.25, 0.3) is 0 Å². The van der Waals surface area contributed by atoms with Crippen LogP contribution in [0.1, 0.15) is 19.4 Å². The first-order chi connectivity index (χ1) is 11.2. The molecule has 0 amide bonds. The van der Waals surface area contributed by atoms with E-state index in [9.17, 15) is 18.5 Å². The van der Waals surface area contributed by atoms with Gasteiger partial charge in [-0.3, -0.25) is 15.1 Å². The minimum Gasteiger partial charge on any atom is -0.352 e. The van der Waals surface area contributed by atoms with Crippen molar-refractivity contribution in [3.63, 3.8) is 0 Å². The van der Waals surface area contributed by atoms with Crippen LogP contribution >= 0.6 is 0 Å². The fourth-order valence-corrected chi connectivity index (χ4v) is 3.98. The number of nitrogens with zero attached hydrogens (tertiary/aromatic N) is 3. The normalized spacial score (nSPS) is 19.8. The summed E-state index contributed by atoms with van der Waals surface area (Å²) in [5.74, 6) is 0.668. The van der Waals surface area contributed by atoms with Crippen LogP contribution in [0, 0.1) is 10.1 Å². The molecule has 1 saturated heterocycles. The summed E-state index contributed by atoms with van der Waals surface area (Å²) in [6, 6.07) is 6.37. The van der Waals surface area contributed by atoms with E-state index < -0.39 is 19.5 Å². The molecule has 1 fully saturated rings. The Morgan fingerprint density at radius 3 is 2.75 bits per heavy atom. The summed E-state index contributed by atoms with van der Waals surface area (Å²) in [6.45, 7) is 4.52. The van der Waals surface area contributed by atoms with Crippen LogP contribution in [0.4, 0.5) is 5.69 Å². The summed E-state index contributed by atoms with van der Waals surface area (Å²) in [5.41, 5.74) is 0.795. The molecule has 0 unspecified atom stereocenters. The Labute approximate surface area is 141 Å². The zero-order chi connectivity index (χ0) is 18.0. The summed E-state index contributed by atoms with van der Waals surface area (Å²) in [4.78, 5) is 16.5. The van der Waals surface area contributed by atoms with Gasteiger partial charge in [-0.15, -0.1) is 0 Å². The van der Waals surface area contributed by atoms with Gasteiger partial charge >= 0.3 is 0 Å². The maximum absolute atomic E-state index is 12.1. The van der Waals surface area contributed by atoms with Gasteiger partial charge in [-0.1, -0.05) is 12.1 Å². The lowest BCUT2D eigenvalue weighted by molar-refractivity contribution is -0.384. The highest BCUT2D eigenvalue weighted by molar-refractivity contribution is 7.92. The van der Waals surface area contributed by atoms with E-state index in [2.05, 4.69) is 10.3 Å². The number of hydrogen-bond donors (Lipinski definition) is 1. The van der Waals surface area contributed by atoms with Crippen molar-refractivity contribution >= 4 is 21.5 Å². The molecule has 24 heavy (non-hydrogen) atoms. The van der Waals surface area contributed by atoms with Gasteiger partial charge in [0.2, 0.25) is 0 Å². The summed E-state index contributed by atoms with van der Waals surface area (Å²) in [6.07, 6.45) is 0. The van der Waals surface area contributed by atoms with Crippen molar-refractivity contribution in [2.24, 2.45) is 4.99 Å². The fraction of sp³-hybridized carbons (Fsp3) is 0.533. The van der Waals surface area contributed by atoms with E-state index in [0.29, 0.717) is 25.6 Å². The van der Waals surface area contributed by atoms with E-state index in [-0.39, 0.29) is 11.4 Å². The average molecular weight is 354 g/mol. The first-order valence-electron chi connectivity index (χ1n) is 7.57. The molecule has 0 aromatic heterocycles. The number of hydrogen-bond acceptors (Lipinski definition) is 5. The number of aliphatic imine (C=N–C) groups is 1. The van der Waals surface area contributed by atoms with Crippen molar-refractivity contribution in [1.82, 2.24) is 10.2 Å². The molecule has 0 radical (unpaired) electrons. The molecule has 8 nitrogen and oxygen atoms in total. The number of guanidine groups is 1. The maximum Gasteiger partial charge on any atom is 0.269 e. The third kappa shape index (κ3) is 3.84. The van der Waals surface area contributed by atoms with Gasteiger partial charge in [0.05, 0.1) is 15.4 Å². The summed E-state index contributed by atoms with van der Waals surface area (Å²) < 4.78 is 23.3. The van der Waals surface area contributed by atoms with Gasteiger partial charge < -0.3 is 10.2 Å². The lowest BCUT2D eigenvalue weighted by Gasteiger charge is -2.39. The van der Waals surface area contributed by atoms with E-state index in [4.69, 9.17) is 0 Å². The van der Waals surface area contributed by atoms with Crippen molar-refractivity contribution < 1.29 is 13.3 Å². The van der Waals surface area contributed by atoms with Crippen LogP contribution in [0.5, 0.6) is 0 Å². The molecular weight excluding hydrogens is 332 g/mol. The van der Waals surface area contributed by atoms with Gasteiger partial charge in [0.25, 0.3) is 5.69 Å². The molecule has 0 spiro atoms. The van der Waals surface area contributed by atoms with Crippen molar-refractivity contribution in [1.29, 1.82) is 0 Å². The molecule has 1 heterocycles. The Hall–Kier alpha value is -2.16. The Morgan fingerprint density at radius 2 is 2.17 bits per heavy atom. The quantitative estimate of drug-likeness (QED) is 0.378. The van der Waals surface area contributed by atoms with Gasteiger partial charge in [-0.05, 0) is 19.4 Å². The van der Waals surface area contributed by atoms with Crippen molar-refractivity contribution in [2.45, 2.75) is 25.1 Å². The molecule has 0 atom stereocenters. The average Bonchev–Trinajstić information content (AvgIpc) is 2.51. The van der Waals surface area contributed by atoms with Crippen LogP contribution in [0.3, 0.4) is 0 Å². The molecule has 1 aliphatic heterocycles. The van der Waals surface area contributed by atoms with Crippen molar-refractivity contribution in [2.75, 3.05) is 25.9 Å². The van der Waals surface area contributed by atoms with Gasteiger partial charge in [-0.2, -0.15) is 0 Å². The second-order valence-corrected chi connectivity index (χ2v) is 9.07. The molecular formula is C15H22N4O4S. The standard InChI is InChI=1S/C15H22N4O4S/c1-15(2)11-18(7-8-24(15,22)23)14(16-3)17-10-12-5-4-6-13(9-12)19(20)21/h4-6,9H,7-8,10-11H2,1-3H3,(H,16,17). The molecule has 132 valence electrons. The number of nitro benzene ring substituents is 1. The topological polar surface area (TPSA) is 105 Å². The Morgan fingerprint density at radius 1 is 1.46 bits per heavy atom. The van der Waals surface area contributed by atoms with Gasteiger partial charge in [-0.25, -0.2) is 8.42 Å². The third-order valence-corrected chi connectivity index (χ3v) is 6.66.